The average molecular weight is 158 g/mol. The zero-order valence-electron chi connectivity index (χ0n) is 7.56. The first-order chi connectivity index (χ1) is 5.27. The number of hydrogen-bond acceptors (Lipinski definition) is 2. The highest BCUT2D eigenvalue weighted by molar-refractivity contribution is 4.86. The van der Waals surface area contributed by atoms with Crippen molar-refractivity contribution in [1.29, 1.82) is 0 Å². The molecular formula is C9H18O2. The van der Waals surface area contributed by atoms with E-state index in [1.54, 1.807) is 0 Å². The summed E-state index contributed by atoms with van der Waals surface area (Å²) in [5.41, 5.74) is 0.0756. The summed E-state index contributed by atoms with van der Waals surface area (Å²) < 4.78 is 10.6. The summed E-state index contributed by atoms with van der Waals surface area (Å²) in [6.45, 7) is 6.84. The molecular weight excluding hydrogens is 140 g/mol. The predicted molar refractivity (Wildman–Crippen MR) is 44.7 cm³/mol. The van der Waals surface area contributed by atoms with Gasteiger partial charge in [-0.1, -0.05) is 19.8 Å². The van der Waals surface area contributed by atoms with Gasteiger partial charge in [0, 0.05) is 6.61 Å². The van der Waals surface area contributed by atoms with Crippen LogP contribution in [0.5, 0.6) is 0 Å². The minimum Gasteiger partial charge on any atom is -0.378 e. The van der Waals surface area contributed by atoms with E-state index in [4.69, 9.17) is 9.47 Å². The number of epoxide rings is 1. The van der Waals surface area contributed by atoms with Crippen molar-refractivity contribution in [3.8, 4) is 0 Å². The van der Waals surface area contributed by atoms with Gasteiger partial charge in [0.1, 0.15) is 5.60 Å². The minimum absolute atomic E-state index is 0.0756. The van der Waals surface area contributed by atoms with E-state index in [0.717, 1.165) is 19.8 Å². The highest BCUT2D eigenvalue weighted by Gasteiger charge is 2.39. The van der Waals surface area contributed by atoms with Crippen LogP contribution in [0, 0.1) is 0 Å². The molecule has 1 unspecified atom stereocenters. The Bertz CT molecular complexity index is 108. The van der Waals surface area contributed by atoms with E-state index in [0.29, 0.717) is 0 Å². The van der Waals surface area contributed by atoms with Crippen molar-refractivity contribution in [3.63, 3.8) is 0 Å². The van der Waals surface area contributed by atoms with Crippen LogP contribution in [-0.4, -0.2) is 25.4 Å². The van der Waals surface area contributed by atoms with Gasteiger partial charge in [-0.3, -0.25) is 0 Å². The lowest BCUT2D eigenvalue weighted by atomic mass is 10.2. The van der Waals surface area contributed by atoms with Crippen LogP contribution < -0.4 is 0 Å². The Hall–Kier alpha value is -0.0800. The summed E-state index contributed by atoms with van der Waals surface area (Å²) >= 11 is 0. The maximum absolute atomic E-state index is 5.44. The van der Waals surface area contributed by atoms with E-state index in [9.17, 15) is 0 Å². The van der Waals surface area contributed by atoms with Crippen molar-refractivity contribution in [2.75, 3.05) is 19.8 Å². The Kier molecular flexibility index (Phi) is 3.34. The summed E-state index contributed by atoms with van der Waals surface area (Å²) in [5.74, 6) is 0. The molecule has 2 nitrogen and oxygen atoms in total. The summed E-state index contributed by atoms with van der Waals surface area (Å²) in [5, 5.41) is 0. The van der Waals surface area contributed by atoms with Gasteiger partial charge in [0.05, 0.1) is 13.2 Å². The molecule has 0 N–H and O–H groups in total. The molecule has 0 radical (unpaired) electrons. The molecule has 1 fully saturated rings. The molecule has 1 rings (SSSR count). The maximum atomic E-state index is 5.44. The second-order valence-corrected chi connectivity index (χ2v) is 3.50. The predicted octanol–water partition coefficient (Wildman–Crippen LogP) is 1.98. The van der Waals surface area contributed by atoms with Crippen molar-refractivity contribution in [1.82, 2.24) is 0 Å². The molecule has 1 atom stereocenters. The van der Waals surface area contributed by atoms with Gasteiger partial charge in [-0.2, -0.15) is 0 Å². The van der Waals surface area contributed by atoms with E-state index in [1.165, 1.54) is 19.3 Å². The second-order valence-electron chi connectivity index (χ2n) is 3.50. The van der Waals surface area contributed by atoms with Gasteiger partial charge in [-0.15, -0.1) is 0 Å². The fraction of sp³-hybridized carbons (Fsp3) is 1.00. The molecule has 0 aromatic heterocycles. The quantitative estimate of drug-likeness (QED) is 0.435. The molecule has 0 amide bonds. The molecule has 0 saturated carbocycles. The highest BCUT2D eigenvalue weighted by atomic mass is 16.6. The van der Waals surface area contributed by atoms with E-state index in [2.05, 4.69) is 13.8 Å². The van der Waals surface area contributed by atoms with Crippen LogP contribution in [0.4, 0.5) is 0 Å². The zero-order chi connectivity index (χ0) is 8.16. The van der Waals surface area contributed by atoms with Crippen molar-refractivity contribution >= 4 is 0 Å². The van der Waals surface area contributed by atoms with Crippen LogP contribution in [0.15, 0.2) is 0 Å². The third-order valence-corrected chi connectivity index (χ3v) is 1.94. The van der Waals surface area contributed by atoms with Gasteiger partial charge in [0.15, 0.2) is 0 Å². The van der Waals surface area contributed by atoms with Crippen LogP contribution in [0.3, 0.4) is 0 Å². The van der Waals surface area contributed by atoms with E-state index in [-0.39, 0.29) is 5.60 Å². The van der Waals surface area contributed by atoms with Crippen molar-refractivity contribution in [3.05, 3.63) is 0 Å². The summed E-state index contributed by atoms with van der Waals surface area (Å²) in [6, 6.07) is 0. The molecule has 1 saturated heterocycles. The van der Waals surface area contributed by atoms with Gasteiger partial charge in [-0.25, -0.2) is 0 Å². The first-order valence-electron chi connectivity index (χ1n) is 4.48. The topological polar surface area (TPSA) is 21.8 Å². The normalized spacial score (nSPS) is 28.9. The lowest BCUT2D eigenvalue weighted by Crippen LogP contribution is -2.14. The molecule has 11 heavy (non-hydrogen) atoms. The molecule has 1 aliphatic heterocycles. The molecule has 0 aliphatic carbocycles. The third-order valence-electron chi connectivity index (χ3n) is 1.94. The highest BCUT2D eigenvalue weighted by Crippen LogP contribution is 2.25. The smallest absolute Gasteiger partial charge is 0.112 e. The monoisotopic (exact) mass is 158 g/mol. The van der Waals surface area contributed by atoms with E-state index >= 15 is 0 Å². The number of rotatable bonds is 6. The lowest BCUT2D eigenvalue weighted by molar-refractivity contribution is 0.0828. The Morgan fingerprint density at radius 1 is 1.45 bits per heavy atom. The first-order valence-corrected chi connectivity index (χ1v) is 4.48. The number of ether oxygens (including phenoxy) is 2. The molecule has 1 aliphatic rings. The van der Waals surface area contributed by atoms with E-state index in [1.807, 2.05) is 0 Å². The van der Waals surface area contributed by atoms with Crippen LogP contribution in [0.25, 0.3) is 0 Å². The van der Waals surface area contributed by atoms with Gasteiger partial charge in [-0.05, 0) is 13.3 Å². The van der Waals surface area contributed by atoms with Crippen molar-refractivity contribution in [2.45, 2.75) is 38.7 Å². The minimum atomic E-state index is 0.0756. The second kappa shape index (κ2) is 4.07. The Balaban J connectivity index is 1.81. The van der Waals surface area contributed by atoms with Gasteiger partial charge >= 0.3 is 0 Å². The molecule has 0 spiro atoms. The SMILES string of the molecule is CCCCCOCC1(C)CO1. The van der Waals surface area contributed by atoms with Crippen molar-refractivity contribution < 1.29 is 9.47 Å². The number of hydrogen-bond donors (Lipinski definition) is 0. The summed E-state index contributed by atoms with van der Waals surface area (Å²) in [4.78, 5) is 0. The summed E-state index contributed by atoms with van der Waals surface area (Å²) in [6.07, 6.45) is 3.72. The number of unbranched alkanes of at least 4 members (excludes halogenated alkanes) is 2. The van der Waals surface area contributed by atoms with Gasteiger partial charge in [0.25, 0.3) is 0 Å². The van der Waals surface area contributed by atoms with E-state index < -0.39 is 0 Å². The Morgan fingerprint density at radius 3 is 2.73 bits per heavy atom. The average Bonchev–Trinajstić information content (AvgIpc) is 2.69. The van der Waals surface area contributed by atoms with Crippen LogP contribution in [-0.2, 0) is 9.47 Å². The molecule has 0 aromatic rings. The fourth-order valence-electron chi connectivity index (χ4n) is 0.949. The van der Waals surface area contributed by atoms with Gasteiger partial charge in [0.2, 0.25) is 0 Å². The Labute approximate surface area is 68.9 Å². The van der Waals surface area contributed by atoms with Crippen LogP contribution in [0.2, 0.25) is 0 Å². The summed E-state index contributed by atoms with van der Waals surface area (Å²) in [7, 11) is 0. The van der Waals surface area contributed by atoms with Gasteiger partial charge < -0.3 is 9.47 Å². The largest absolute Gasteiger partial charge is 0.378 e. The molecule has 2 heteroatoms. The first kappa shape index (κ1) is 9.01. The standard InChI is InChI=1S/C9H18O2/c1-3-4-5-6-10-7-9(2)8-11-9/h3-8H2,1-2H3. The maximum Gasteiger partial charge on any atom is 0.112 e. The van der Waals surface area contributed by atoms with Crippen molar-refractivity contribution in [2.24, 2.45) is 0 Å². The fourth-order valence-corrected chi connectivity index (χ4v) is 0.949. The third kappa shape index (κ3) is 3.73. The van der Waals surface area contributed by atoms with Crippen LogP contribution >= 0.6 is 0 Å². The molecule has 0 bridgehead atoms. The molecule has 0 aromatic carbocycles. The Morgan fingerprint density at radius 2 is 2.18 bits per heavy atom. The lowest BCUT2D eigenvalue weighted by Gasteiger charge is -2.05. The van der Waals surface area contributed by atoms with Crippen LogP contribution in [0.1, 0.15) is 33.1 Å². The molecule has 66 valence electrons. The molecule has 1 heterocycles. The zero-order valence-corrected chi connectivity index (χ0v) is 7.56.